The maximum absolute atomic E-state index is 13.4. The Morgan fingerprint density at radius 3 is 2.63 bits per heavy atom. The number of carbonyl (C=O) groups is 1. The number of benzene rings is 2. The number of hydrogen-bond donors (Lipinski definition) is 0. The van der Waals surface area contributed by atoms with E-state index in [9.17, 15) is 9.18 Å². The third-order valence-electron chi connectivity index (χ3n) is 5.17. The summed E-state index contributed by atoms with van der Waals surface area (Å²) < 4.78 is 29.9. The van der Waals surface area contributed by atoms with Gasteiger partial charge in [-0.2, -0.15) is 0 Å². The van der Waals surface area contributed by atoms with Gasteiger partial charge in [0.1, 0.15) is 11.6 Å². The van der Waals surface area contributed by atoms with Crippen LogP contribution in [0.5, 0.6) is 17.2 Å². The first-order chi connectivity index (χ1) is 14.6. The molecule has 1 aliphatic rings. The number of rotatable bonds is 6. The zero-order valence-corrected chi connectivity index (χ0v) is 17.6. The number of halogens is 1. The molecule has 5 nitrogen and oxygen atoms in total. The molecule has 0 saturated heterocycles. The molecule has 1 unspecified atom stereocenters. The molecular weight excluding hydrogens is 405 g/mol. The summed E-state index contributed by atoms with van der Waals surface area (Å²) in [5.41, 5.74) is 2.14. The van der Waals surface area contributed by atoms with Crippen molar-refractivity contribution in [2.75, 3.05) is 27.4 Å². The molecule has 0 N–H and O–H groups in total. The number of thiophene rings is 1. The number of nitrogens with zero attached hydrogens (tertiary/aromatic N) is 1. The van der Waals surface area contributed by atoms with Crippen molar-refractivity contribution < 1.29 is 23.4 Å². The van der Waals surface area contributed by atoms with Crippen molar-refractivity contribution in [1.82, 2.24) is 4.90 Å². The standard InChI is InChI=1S/C23H22FNO4S/c1-27-19-11-15-8-9-25(22(26)14-29-17-6-3-5-16(24)12-17)23(21-7-4-10-30-21)18(15)13-20(19)28-2/h3-7,10-13,23H,8-9,14H2,1-2H3. The number of ether oxygens (including phenoxy) is 3. The summed E-state index contributed by atoms with van der Waals surface area (Å²) in [5, 5.41) is 2.00. The lowest BCUT2D eigenvalue weighted by molar-refractivity contribution is -0.135. The third-order valence-corrected chi connectivity index (χ3v) is 6.09. The summed E-state index contributed by atoms with van der Waals surface area (Å²) in [6.07, 6.45) is 0.698. The molecule has 7 heteroatoms. The van der Waals surface area contributed by atoms with Crippen molar-refractivity contribution in [2.45, 2.75) is 12.5 Å². The number of fused-ring (bicyclic) bond motifs is 1. The topological polar surface area (TPSA) is 48.0 Å². The smallest absolute Gasteiger partial charge is 0.261 e. The molecule has 1 amide bonds. The zero-order valence-electron chi connectivity index (χ0n) is 16.8. The minimum absolute atomic E-state index is 0.155. The molecule has 0 aliphatic carbocycles. The van der Waals surface area contributed by atoms with Crippen LogP contribution in [0.25, 0.3) is 0 Å². The Morgan fingerprint density at radius 1 is 1.13 bits per heavy atom. The first-order valence-electron chi connectivity index (χ1n) is 9.56. The van der Waals surface area contributed by atoms with E-state index in [0.717, 1.165) is 16.0 Å². The minimum atomic E-state index is -0.399. The normalized spacial score (nSPS) is 15.4. The molecule has 1 aromatic heterocycles. The average molecular weight is 427 g/mol. The second kappa shape index (κ2) is 8.75. The maximum atomic E-state index is 13.4. The Morgan fingerprint density at radius 2 is 1.93 bits per heavy atom. The predicted octanol–water partition coefficient (Wildman–Crippen LogP) is 4.46. The molecule has 1 atom stereocenters. The fraction of sp³-hybridized carbons (Fsp3) is 0.261. The first kappa shape index (κ1) is 20.2. The molecule has 0 radical (unpaired) electrons. The Bertz CT molecular complexity index is 1040. The van der Waals surface area contributed by atoms with E-state index in [1.807, 2.05) is 34.5 Å². The monoisotopic (exact) mass is 427 g/mol. The molecule has 30 heavy (non-hydrogen) atoms. The number of amides is 1. The van der Waals surface area contributed by atoms with Crippen LogP contribution in [0.3, 0.4) is 0 Å². The van der Waals surface area contributed by atoms with Crippen molar-refractivity contribution >= 4 is 17.2 Å². The summed E-state index contributed by atoms with van der Waals surface area (Å²) >= 11 is 1.60. The van der Waals surface area contributed by atoms with Crippen LogP contribution in [0.15, 0.2) is 53.9 Å². The fourth-order valence-electron chi connectivity index (χ4n) is 3.75. The molecule has 0 saturated carbocycles. The van der Waals surface area contributed by atoms with Crippen LogP contribution in [-0.2, 0) is 11.2 Å². The SMILES string of the molecule is COc1cc2c(cc1OC)C(c1cccs1)N(C(=O)COc1cccc(F)c1)CC2. The van der Waals surface area contributed by atoms with Gasteiger partial charge in [-0.05, 0) is 53.3 Å². The van der Waals surface area contributed by atoms with Crippen molar-refractivity contribution in [1.29, 1.82) is 0 Å². The van der Waals surface area contributed by atoms with Crippen LogP contribution >= 0.6 is 11.3 Å². The van der Waals surface area contributed by atoms with E-state index in [4.69, 9.17) is 14.2 Å². The lowest BCUT2D eigenvalue weighted by atomic mass is 9.90. The van der Waals surface area contributed by atoms with Crippen molar-refractivity contribution in [2.24, 2.45) is 0 Å². The number of hydrogen-bond acceptors (Lipinski definition) is 5. The van der Waals surface area contributed by atoms with Crippen molar-refractivity contribution in [3.05, 3.63) is 75.7 Å². The molecule has 2 aromatic carbocycles. The van der Waals surface area contributed by atoms with E-state index >= 15 is 0 Å². The Kier molecular flexibility index (Phi) is 5.90. The van der Waals surface area contributed by atoms with Gasteiger partial charge in [0, 0.05) is 17.5 Å². The first-order valence-corrected chi connectivity index (χ1v) is 10.4. The second-order valence-corrected chi connectivity index (χ2v) is 7.89. The van der Waals surface area contributed by atoms with Crippen LogP contribution in [0.4, 0.5) is 4.39 Å². The van der Waals surface area contributed by atoms with Gasteiger partial charge < -0.3 is 19.1 Å². The van der Waals surface area contributed by atoms with Crippen molar-refractivity contribution in [3.63, 3.8) is 0 Å². The van der Waals surface area contributed by atoms with Crippen LogP contribution in [0.1, 0.15) is 22.0 Å². The van der Waals surface area contributed by atoms with E-state index in [0.29, 0.717) is 30.2 Å². The molecule has 0 spiro atoms. The van der Waals surface area contributed by atoms with Gasteiger partial charge in [-0.3, -0.25) is 4.79 Å². The summed E-state index contributed by atoms with van der Waals surface area (Å²) in [4.78, 5) is 16.0. The largest absolute Gasteiger partial charge is 0.493 e. The van der Waals surface area contributed by atoms with E-state index in [-0.39, 0.29) is 18.6 Å². The van der Waals surface area contributed by atoms with Gasteiger partial charge in [0.15, 0.2) is 18.1 Å². The average Bonchev–Trinajstić information content (AvgIpc) is 3.30. The van der Waals surface area contributed by atoms with Crippen LogP contribution in [-0.4, -0.2) is 38.2 Å². The van der Waals surface area contributed by atoms with Crippen molar-refractivity contribution in [3.8, 4) is 17.2 Å². The number of carbonyl (C=O) groups excluding carboxylic acids is 1. The fourth-order valence-corrected chi connectivity index (χ4v) is 4.61. The molecule has 156 valence electrons. The zero-order chi connectivity index (χ0) is 21.1. The van der Waals surface area contributed by atoms with Gasteiger partial charge >= 0.3 is 0 Å². The molecule has 4 rings (SSSR count). The highest BCUT2D eigenvalue weighted by molar-refractivity contribution is 7.10. The third kappa shape index (κ3) is 3.98. The van der Waals surface area contributed by atoms with E-state index < -0.39 is 5.82 Å². The Labute approximate surface area is 178 Å². The van der Waals surface area contributed by atoms with Crippen LogP contribution < -0.4 is 14.2 Å². The molecule has 0 fully saturated rings. The van der Waals surface area contributed by atoms with Crippen LogP contribution in [0.2, 0.25) is 0 Å². The van der Waals surface area contributed by atoms with Gasteiger partial charge in [-0.1, -0.05) is 12.1 Å². The molecule has 2 heterocycles. The molecule has 0 bridgehead atoms. The van der Waals surface area contributed by atoms with E-state index in [1.165, 1.54) is 12.1 Å². The molecular formula is C23H22FNO4S. The molecule has 1 aliphatic heterocycles. The lowest BCUT2D eigenvalue weighted by Gasteiger charge is -2.37. The summed E-state index contributed by atoms with van der Waals surface area (Å²) in [7, 11) is 3.21. The Balaban J connectivity index is 1.64. The highest BCUT2D eigenvalue weighted by Crippen LogP contribution is 2.42. The summed E-state index contributed by atoms with van der Waals surface area (Å²) in [5.74, 6) is 1.08. The quantitative estimate of drug-likeness (QED) is 0.583. The highest BCUT2D eigenvalue weighted by Gasteiger charge is 2.34. The summed E-state index contributed by atoms with van der Waals surface area (Å²) in [6, 6.07) is 13.5. The summed E-state index contributed by atoms with van der Waals surface area (Å²) in [6.45, 7) is 0.393. The van der Waals surface area contributed by atoms with Gasteiger partial charge in [0.05, 0.1) is 20.3 Å². The highest BCUT2D eigenvalue weighted by atomic mass is 32.1. The number of methoxy groups -OCH3 is 2. The van der Waals surface area contributed by atoms with Gasteiger partial charge in [-0.15, -0.1) is 11.3 Å². The van der Waals surface area contributed by atoms with Gasteiger partial charge in [0.25, 0.3) is 5.91 Å². The Hall–Kier alpha value is -3.06. The van der Waals surface area contributed by atoms with Gasteiger partial charge in [-0.25, -0.2) is 4.39 Å². The van der Waals surface area contributed by atoms with E-state index in [1.54, 1.807) is 37.7 Å². The molecule has 3 aromatic rings. The minimum Gasteiger partial charge on any atom is -0.493 e. The maximum Gasteiger partial charge on any atom is 0.261 e. The predicted molar refractivity (Wildman–Crippen MR) is 113 cm³/mol. The lowest BCUT2D eigenvalue weighted by Crippen LogP contribution is -2.42. The second-order valence-electron chi connectivity index (χ2n) is 6.91. The van der Waals surface area contributed by atoms with Crippen LogP contribution in [0, 0.1) is 5.82 Å². The van der Waals surface area contributed by atoms with E-state index in [2.05, 4.69) is 0 Å². The van der Waals surface area contributed by atoms with Gasteiger partial charge in [0.2, 0.25) is 0 Å².